The molecule has 2 fully saturated rings. The Morgan fingerprint density at radius 1 is 0.723 bits per heavy atom. The van der Waals surface area contributed by atoms with Gasteiger partial charge >= 0.3 is 5.97 Å². The molecular formula is C43H54N10O10S2. The zero-order valence-corrected chi connectivity index (χ0v) is 37.1. The van der Waals surface area contributed by atoms with Crippen molar-refractivity contribution >= 4 is 94.4 Å². The number of rotatable bonds is 20. The predicted molar refractivity (Wildman–Crippen MR) is 244 cm³/mol. The quantitative estimate of drug-likeness (QED) is 0.0471. The van der Waals surface area contributed by atoms with Crippen molar-refractivity contribution in [2.45, 2.75) is 93.3 Å². The van der Waals surface area contributed by atoms with Crippen LogP contribution in [0.15, 0.2) is 60.9 Å². The fourth-order valence-corrected chi connectivity index (χ4v) is 8.80. The predicted octanol–water partition coefficient (Wildman–Crippen LogP) is -1.14. The number of carboxylic acids is 1. The van der Waals surface area contributed by atoms with Crippen molar-refractivity contribution in [2.24, 2.45) is 11.5 Å². The minimum atomic E-state index is -1.49. The van der Waals surface area contributed by atoms with Crippen LogP contribution in [0.4, 0.5) is 0 Å². The SMILES string of the molecule is NC(=O)[C@H](CS)NC(=O)[C@H](Cc1c[nH]c2ccccc12)NC(=O)[C@@H]1CCCN1C(=O)[C@H](CCC(=O)O)NC(=O)[C@@H](Cc1c[nH]c2ccccc12)NC(=O)[C@@H]1C[C@@H](O)CN1C(=O)[C@@H](N)CS. The van der Waals surface area contributed by atoms with E-state index in [-0.39, 0.29) is 56.7 Å². The average Bonchev–Trinajstić information content (AvgIpc) is 4.12. The lowest BCUT2D eigenvalue weighted by molar-refractivity contribution is -0.144. The Labute approximate surface area is 384 Å². The molecule has 22 heteroatoms. The Hall–Kier alpha value is -6.10. The third-order valence-corrected chi connectivity index (χ3v) is 12.5. The van der Waals surface area contributed by atoms with Crippen LogP contribution in [0.3, 0.4) is 0 Å². The number of β-amino-alcohol motifs (C(OH)–C–C–N with tert-alkyl or cyclic N) is 1. The van der Waals surface area contributed by atoms with Gasteiger partial charge in [-0.15, -0.1) is 0 Å². The second-order valence-electron chi connectivity index (χ2n) is 16.3. The zero-order chi connectivity index (χ0) is 46.9. The summed E-state index contributed by atoms with van der Waals surface area (Å²) in [6, 6.07) is 5.88. The number of hydrogen-bond acceptors (Lipinski definition) is 12. The van der Waals surface area contributed by atoms with Gasteiger partial charge in [0.2, 0.25) is 41.4 Å². The highest BCUT2D eigenvalue weighted by Crippen LogP contribution is 2.25. The molecule has 0 bridgehead atoms. The van der Waals surface area contributed by atoms with Gasteiger partial charge in [-0.2, -0.15) is 25.3 Å². The number of aliphatic hydroxyl groups is 1. The maximum Gasteiger partial charge on any atom is 0.303 e. The van der Waals surface area contributed by atoms with Crippen molar-refractivity contribution in [1.82, 2.24) is 41.0 Å². The van der Waals surface area contributed by atoms with Crippen molar-refractivity contribution in [2.75, 3.05) is 24.6 Å². The highest BCUT2D eigenvalue weighted by Gasteiger charge is 2.43. The molecule has 2 aromatic heterocycles. The number of nitrogens with two attached hydrogens (primary N) is 2. The van der Waals surface area contributed by atoms with Crippen LogP contribution in [0.5, 0.6) is 0 Å². The molecule has 2 aromatic carbocycles. The number of aliphatic carboxylic acids is 1. The maximum absolute atomic E-state index is 14.5. The second-order valence-corrected chi connectivity index (χ2v) is 17.0. The number of carbonyl (C=O) groups is 8. The molecule has 348 valence electrons. The Morgan fingerprint density at radius 3 is 1.78 bits per heavy atom. The summed E-state index contributed by atoms with van der Waals surface area (Å²) in [5.41, 5.74) is 14.2. The van der Waals surface area contributed by atoms with Gasteiger partial charge in [0, 0.05) is 84.5 Å². The van der Waals surface area contributed by atoms with E-state index < -0.39 is 102 Å². The first-order chi connectivity index (χ1) is 31.1. The lowest BCUT2D eigenvalue weighted by Gasteiger charge is -2.31. The standard InChI is InChI=1S/C43H54N10O10S2/c44-27(20-64)42(62)53-19-24(54)16-35(53)41(61)50-31(14-22-17-46-28-8-3-1-6-25(22)28)38(58)48-30(11-12-36(55)56)43(63)52-13-5-10-34(52)40(60)49-32(39(59)51-33(21-65)37(45)57)15-23-18-47-29-9-4-2-7-26(23)29/h1-4,6-9,17-18,24,27,30-35,46-47,54,64-65H,5,10-16,19-21,44H2,(H2,45,57)(H,48,58)(H,49,60)(H,50,61)(H,51,59)(H,55,56)/t24-,27+,30+,31-,32+,33+,34+,35+/m1/s1. The number of nitrogens with zero attached hydrogens (tertiary/aromatic N) is 2. The number of nitrogens with one attached hydrogen (secondary N) is 6. The molecule has 2 saturated heterocycles. The van der Waals surface area contributed by atoms with Gasteiger partial charge in [0.05, 0.1) is 12.1 Å². The summed E-state index contributed by atoms with van der Waals surface area (Å²) < 4.78 is 0. The molecule has 0 aliphatic carbocycles. The number of aromatic amines is 2. The number of para-hydroxylation sites is 2. The van der Waals surface area contributed by atoms with Crippen LogP contribution in [0.1, 0.15) is 43.2 Å². The Balaban J connectivity index is 1.24. The van der Waals surface area contributed by atoms with E-state index in [9.17, 15) is 48.6 Å². The fourth-order valence-electron chi connectivity index (χ4n) is 8.37. The molecule has 12 N–H and O–H groups in total. The Kier molecular flexibility index (Phi) is 16.2. The van der Waals surface area contributed by atoms with E-state index in [1.807, 2.05) is 42.5 Å². The molecule has 2 aliphatic heterocycles. The van der Waals surface area contributed by atoms with Gasteiger partial charge in [0.1, 0.15) is 36.3 Å². The zero-order valence-electron chi connectivity index (χ0n) is 35.3. The number of carboxylic acid groups (broad SMARTS) is 1. The van der Waals surface area contributed by atoms with Crippen molar-refractivity contribution in [1.29, 1.82) is 0 Å². The molecule has 0 radical (unpaired) electrons. The van der Waals surface area contributed by atoms with Gasteiger partial charge in [-0.05, 0) is 42.5 Å². The summed E-state index contributed by atoms with van der Waals surface area (Å²) in [4.78, 5) is 116. The van der Waals surface area contributed by atoms with E-state index in [1.165, 1.54) is 4.90 Å². The third kappa shape index (κ3) is 11.6. The smallest absolute Gasteiger partial charge is 0.303 e. The number of primary amides is 1. The van der Waals surface area contributed by atoms with Gasteiger partial charge < -0.3 is 62.7 Å². The maximum atomic E-state index is 14.5. The van der Waals surface area contributed by atoms with Gasteiger partial charge in [0.25, 0.3) is 0 Å². The summed E-state index contributed by atoms with van der Waals surface area (Å²) in [5.74, 6) is -6.68. The van der Waals surface area contributed by atoms with Crippen LogP contribution in [0.2, 0.25) is 0 Å². The normalized spacial score (nSPS) is 19.5. The molecule has 0 unspecified atom stereocenters. The number of thiol groups is 2. The number of aliphatic hydroxyl groups excluding tert-OH is 1. The van der Waals surface area contributed by atoms with Crippen LogP contribution in [0.25, 0.3) is 21.8 Å². The topological polar surface area (TPSA) is 315 Å². The first kappa shape index (κ1) is 48.4. The van der Waals surface area contributed by atoms with Crippen LogP contribution < -0.4 is 32.7 Å². The molecule has 4 aromatic rings. The molecule has 8 atom stereocenters. The first-order valence-corrected chi connectivity index (χ1v) is 22.4. The van der Waals surface area contributed by atoms with Gasteiger partial charge in [-0.25, -0.2) is 0 Å². The molecular weight excluding hydrogens is 881 g/mol. The summed E-state index contributed by atoms with van der Waals surface area (Å²) >= 11 is 8.22. The van der Waals surface area contributed by atoms with Crippen LogP contribution in [-0.4, -0.2) is 150 Å². The number of carbonyl (C=O) groups excluding carboxylic acids is 7. The first-order valence-electron chi connectivity index (χ1n) is 21.2. The van der Waals surface area contributed by atoms with Crippen LogP contribution in [-0.2, 0) is 51.2 Å². The fraction of sp³-hybridized carbons (Fsp3) is 0.442. The molecule has 4 heterocycles. The van der Waals surface area contributed by atoms with E-state index in [0.29, 0.717) is 17.5 Å². The van der Waals surface area contributed by atoms with Gasteiger partial charge in [0.15, 0.2) is 0 Å². The van der Waals surface area contributed by atoms with Crippen molar-refractivity contribution in [3.8, 4) is 0 Å². The summed E-state index contributed by atoms with van der Waals surface area (Å²) in [5, 5.41) is 32.4. The van der Waals surface area contributed by atoms with E-state index in [4.69, 9.17) is 11.5 Å². The summed E-state index contributed by atoms with van der Waals surface area (Å²) in [6.07, 6.45) is 1.62. The number of fused-ring (bicyclic) bond motifs is 2. The van der Waals surface area contributed by atoms with Gasteiger partial charge in [-0.3, -0.25) is 38.4 Å². The van der Waals surface area contributed by atoms with Crippen molar-refractivity contribution in [3.05, 3.63) is 72.1 Å². The van der Waals surface area contributed by atoms with E-state index in [1.54, 1.807) is 18.5 Å². The number of amides is 7. The van der Waals surface area contributed by atoms with E-state index in [0.717, 1.165) is 26.7 Å². The minimum Gasteiger partial charge on any atom is -0.481 e. The van der Waals surface area contributed by atoms with E-state index in [2.05, 4.69) is 56.5 Å². The molecule has 20 nitrogen and oxygen atoms in total. The Morgan fingerprint density at radius 2 is 1.26 bits per heavy atom. The van der Waals surface area contributed by atoms with Crippen LogP contribution in [0, 0.1) is 0 Å². The molecule has 2 aliphatic rings. The summed E-state index contributed by atoms with van der Waals surface area (Å²) in [7, 11) is 0. The summed E-state index contributed by atoms with van der Waals surface area (Å²) in [6.45, 7) is -0.122. The highest BCUT2D eigenvalue weighted by atomic mass is 32.1. The largest absolute Gasteiger partial charge is 0.481 e. The number of likely N-dealkylation sites (tertiary alicyclic amines) is 2. The number of H-pyrrole nitrogens is 2. The minimum absolute atomic E-state index is 0.0190. The molecule has 0 spiro atoms. The second kappa shape index (κ2) is 21.7. The lowest BCUT2D eigenvalue weighted by Crippen LogP contribution is -2.60. The molecule has 0 saturated carbocycles. The molecule has 65 heavy (non-hydrogen) atoms. The monoisotopic (exact) mass is 934 g/mol. The van der Waals surface area contributed by atoms with Gasteiger partial charge in [-0.1, -0.05) is 36.4 Å². The number of aromatic nitrogens is 2. The Bertz CT molecular complexity index is 2430. The van der Waals surface area contributed by atoms with Crippen molar-refractivity contribution in [3.63, 3.8) is 0 Å². The third-order valence-electron chi connectivity index (χ3n) is 11.8. The number of hydrogen-bond donors (Lipinski definition) is 12. The lowest BCUT2D eigenvalue weighted by atomic mass is 10.0. The molecule has 6 rings (SSSR count). The highest BCUT2D eigenvalue weighted by molar-refractivity contribution is 7.80. The van der Waals surface area contributed by atoms with E-state index >= 15 is 0 Å². The van der Waals surface area contributed by atoms with Crippen LogP contribution >= 0.6 is 25.3 Å². The molecule has 7 amide bonds. The van der Waals surface area contributed by atoms with Crippen molar-refractivity contribution < 1.29 is 48.6 Å². The average molecular weight is 935 g/mol. The number of benzene rings is 2.